The number of hydrogen-bond donors (Lipinski definition) is 1. The summed E-state index contributed by atoms with van der Waals surface area (Å²) in [5, 5.41) is 8.51. The minimum absolute atomic E-state index is 0.00433. The number of nitrogens with zero attached hydrogens (tertiary/aromatic N) is 4. The van der Waals surface area contributed by atoms with Crippen molar-refractivity contribution in [2.75, 3.05) is 17.3 Å². The molecule has 1 N–H and O–H groups in total. The quantitative estimate of drug-likeness (QED) is 0.395. The molecule has 26 heavy (non-hydrogen) atoms. The highest BCUT2D eigenvalue weighted by Crippen LogP contribution is 2.28. The Hall–Kier alpha value is -2.39. The molecule has 0 aliphatic rings. The molecule has 0 atom stereocenters. The Morgan fingerprint density at radius 3 is 2.81 bits per heavy atom. The summed E-state index contributed by atoms with van der Waals surface area (Å²) in [6.07, 6.45) is 5.09. The van der Waals surface area contributed by atoms with Crippen LogP contribution in [0.1, 0.15) is 17.3 Å². The number of nitrogens with one attached hydrogen (secondary N) is 1. The third-order valence-corrected chi connectivity index (χ3v) is 5.45. The minimum atomic E-state index is -0.140. The number of thioether (sulfide) groups is 2. The summed E-state index contributed by atoms with van der Waals surface area (Å²) in [4.78, 5) is 33.2. The van der Waals surface area contributed by atoms with Gasteiger partial charge in [0.15, 0.2) is 11.4 Å². The van der Waals surface area contributed by atoms with Crippen molar-refractivity contribution in [3.63, 3.8) is 0 Å². The number of fused-ring (bicyclic) bond motifs is 1. The van der Waals surface area contributed by atoms with E-state index in [4.69, 9.17) is 0 Å². The highest BCUT2D eigenvalue weighted by molar-refractivity contribution is 8.00. The maximum Gasteiger partial charge on any atom is 0.221 e. The van der Waals surface area contributed by atoms with Gasteiger partial charge in [-0.2, -0.15) is 5.10 Å². The van der Waals surface area contributed by atoms with Crippen molar-refractivity contribution in [3.8, 4) is 0 Å². The second-order valence-corrected chi connectivity index (χ2v) is 7.30. The molecular weight excluding hydrogens is 370 g/mol. The number of rotatable bonds is 6. The van der Waals surface area contributed by atoms with Crippen LogP contribution in [0.4, 0.5) is 5.69 Å². The minimum Gasteiger partial charge on any atom is -0.325 e. The van der Waals surface area contributed by atoms with Gasteiger partial charge in [0.05, 0.1) is 23.0 Å². The predicted molar refractivity (Wildman–Crippen MR) is 104 cm³/mol. The van der Waals surface area contributed by atoms with E-state index in [1.165, 1.54) is 36.8 Å². The third kappa shape index (κ3) is 3.88. The van der Waals surface area contributed by atoms with Crippen molar-refractivity contribution >= 4 is 51.9 Å². The molecule has 2 heterocycles. The molecule has 0 spiro atoms. The highest BCUT2D eigenvalue weighted by atomic mass is 32.2. The Kier molecular flexibility index (Phi) is 5.58. The zero-order valence-electron chi connectivity index (χ0n) is 14.5. The second-order valence-electron chi connectivity index (χ2n) is 5.49. The van der Waals surface area contributed by atoms with Crippen LogP contribution < -0.4 is 5.32 Å². The molecule has 0 bridgehead atoms. The zero-order chi connectivity index (χ0) is 18.7. The van der Waals surface area contributed by atoms with E-state index < -0.39 is 0 Å². The normalized spacial score (nSPS) is 10.9. The van der Waals surface area contributed by atoms with Gasteiger partial charge in [-0.15, -0.1) is 11.8 Å². The van der Waals surface area contributed by atoms with Crippen molar-refractivity contribution in [2.45, 2.75) is 16.8 Å². The molecule has 0 fully saturated rings. The number of anilines is 1. The highest BCUT2D eigenvalue weighted by Gasteiger charge is 2.14. The van der Waals surface area contributed by atoms with Crippen LogP contribution in [0.5, 0.6) is 0 Å². The second kappa shape index (κ2) is 7.88. The fourth-order valence-electron chi connectivity index (χ4n) is 2.43. The van der Waals surface area contributed by atoms with Crippen LogP contribution in [0.3, 0.4) is 0 Å². The first-order chi connectivity index (χ1) is 12.5. The molecular formula is C17H17N5O2S2. The lowest BCUT2D eigenvalue weighted by atomic mass is 10.1. The van der Waals surface area contributed by atoms with Crippen LogP contribution in [0.25, 0.3) is 11.0 Å². The van der Waals surface area contributed by atoms with Crippen molar-refractivity contribution < 1.29 is 9.59 Å². The average Bonchev–Trinajstić information content (AvgIpc) is 3.01. The van der Waals surface area contributed by atoms with Crippen LogP contribution in [-0.2, 0) is 11.8 Å². The van der Waals surface area contributed by atoms with E-state index in [9.17, 15) is 9.59 Å². The smallest absolute Gasteiger partial charge is 0.221 e. The monoisotopic (exact) mass is 387 g/mol. The molecule has 0 unspecified atom stereocenters. The molecule has 3 rings (SSSR count). The fraction of sp³-hybridized carbons (Fsp3) is 0.235. The Labute approximate surface area is 159 Å². The van der Waals surface area contributed by atoms with Crippen LogP contribution in [0.15, 0.2) is 40.6 Å². The van der Waals surface area contributed by atoms with E-state index in [0.717, 1.165) is 21.0 Å². The molecule has 9 heteroatoms. The van der Waals surface area contributed by atoms with Crippen molar-refractivity contribution in [3.05, 3.63) is 36.3 Å². The van der Waals surface area contributed by atoms with Gasteiger partial charge in [-0.1, -0.05) is 11.8 Å². The Morgan fingerprint density at radius 1 is 1.27 bits per heavy atom. The number of carbonyl (C=O) groups is 2. The molecule has 1 aromatic carbocycles. The molecule has 0 aliphatic heterocycles. The van der Waals surface area contributed by atoms with Crippen LogP contribution in [-0.4, -0.2) is 43.4 Å². The lowest BCUT2D eigenvalue weighted by molar-refractivity contribution is -0.114. The summed E-state index contributed by atoms with van der Waals surface area (Å²) in [6, 6.07) is 5.29. The van der Waals surface area contributed by atoms with Gasteiger partial charge in [-0.3, -0.25) is 14.3 Å². The standard InChI is InChI=1S/C17H17N5O2S2/c1-10(23)21-13-5-4-11(6-15(13)25-3)14(24)8-26-17-12-7-20-22(2)16(12)18-9-19-17/h4-7,9H,8H2,1-3H3,(H,21,23). The molecule has 0 saturated heterocycles. The SMILES string of the molecule is CSc1cc(C(=O)CSc2ncnc3c2cnn3C)ccc1NC(C)=O. The van der Waals surface area contributed by atoms with E-state index in [-0.39, 0.29) is 17.4 Å². The van der Waals surface area contributed by atoms with Gasteiger partial charge in [0, 0.05) is 24.4 Å². The molecule has 0 aliphatic carbocycles. The van der Waals surface area contributed by atoms with E-state index >= 15 is 0 Å². The number of amides is 1. The van der Waals surface area contributed by atoms with Crippen molar-refractivity contribution in [1.29, 1.82) is 0 Å². The maximum absolute atomic E-state index is 12.6. The first-order valence-electron chi connectivity index (χ1n) is 7.74. The van der Waals surface area contributed by atoms with E-state index in [0.29, 0.717) is 11.3 Å². The van der Waals surface area contributed by atoms with Gasteiger partial charge >= 0.3 is 0 Å². The summed E-state index contributed by atoms with van der Waals surface area (Å²) in [6.45, 7) is 1.46. The summed E-state index contributed by atoms with van der Waals surface area (Å²) < 4.78 is 1.67. The first kappa shape index (κ1) is 18.4. The molecule has 3 aromatic rings. The average molecular weight is 387 g/mol. The number of aromatic nitrogens is 4. The Morgan fingerprint density at radius 2 is 2.08 bits per heavy atom. The van der Waals surface area contributed by atoms with Gasteiger partial charge in [0.2, 0.25) is 5.91 Å². The first-order valence-corrected chi connectivity index (χ1v) is 9.95. The number of benzene rings is 1. The van der Waals surface area contributed by atoms with Crippen molar-refractivity contribution in [1.82, 2.24) is 19.7 Å². The van der Waals surface area contributed by atoms with E-state index in [2.05, 4.69) is 20.4 Å². The lowest BCUT2D eigenvalue weighted by Crippen LogP contribution is -2.08. The summed E-state index contributed by atoms with van der Waals surface area (Å²) >= 11 is 2.85. The Bertz CT molecular complexity index is 986. The summed E-state index contributed by atoms with van der Waals surface area (Å²) in [7, 11) is 1.81. The fourth-order valence-corrected chi connectivity index (χ4v) is 3.87. The Balaban J connectivity index is 1.76. The van der Waals surface area contributed by atoms with Gasteiger partial charge in [0.1, 0.15) is 11.4 Å². The van der Waals surface area contributed by atoms with Gasteiger partial charge in [-0.05, 0) is 24.5 Å². The summed E-state index contributed by atoms with van der Waals surface area (Å²) in [5.41, 5.74) is 2.05. The zero-order valence-corrected chi connectivity index (χ0v) is 16.1. The number of Topliss-reactive ketones (excluding diaryl/α,β-unsaturated/α-hetero) is 1. The van der Waals surface area contributed by atoms with Crippen LogP contribution >= 0.6 is 23.5 Å². The van der Waals surface area contributed by atoms with E-state index in [1.54, 1.807) is 29.1 Å². The van der Waals surface area contributed by atoms with Gasteiger partial charge in [0.25, 0.3) is 0 Å². The van der Waals surface area contributed by atoms with E-state index in [1.807, 2.05) is 13.3 Å². The van der Waals surface area contributed by atoms with Crippen LogP contribution in [0.2, 0.25) is 0 Å². The molecule has 2 aromatic heterocycles. The predicted octanol–water partition coefficient (Wildman–Crippen LogP) is 3.02. The van der Waals surface area contributed by atoms with Gasteiger partial charge in [-0.25, -0.2) is 9.97 Å². The third-order valence-electron chi connectivity index (χ3n) is 3.67. The largest absolute Gasteiger partial charge is 0.325 e. The summed E-state index contributed by atoms with van der Waals surface area (Å²) in [5.74, 6) is 0.114. The number of carbonyl (C=O) groups excluding carboxylic acids is 2. The molecule has 134 valence electrons. The molecule has 0 saturated carbocycles. The maximum atomic E-state index is 12.6. The van der Waals surface area contributed by atoms with Crippen molar-refractivity contribution in [2.24, 2.45) is 7.05 Å². The topological polar surface area (TPSA) is 89.8 Å². The molecule has 7 nitrogen and oxygen atoms in total. The van der Waals surface area contributed by atoms with Crippen LogP contribution in [0, 0.1) is 0 Å². The molecule has 0 radical (unpaired) electrons. The lowest BCUT2D eigenvalue weighted by Gasteiger charge is -2.10. The van der Waals surface area contributed by atoms with Gasteiger partial charge < -0.3 is 5.32 Å². The number of aryl methyl sites for hydroxylation is 1. The molecule has 1 amide bonds. The number of ketones is 1. The number of hydrogen-bond acceptors (Lipinski definition) is 7.